The first kappa shape index (κ1) is 16.0. The molecule has 1 fully saturated rings. The molecule has 2 aliphatic rings. The fourth-order valence-electron chi connectivity index (χ4n) is 3.68. The van der Waals surface area contributed by atoms with E-state index in [0.29, 0.717) is 28.8 Å². The molecule has 1 saturated heterocycles. The van der Waals surface area contributed by atoms with Crippen molar-refractivity contribution in [2.75, 3.05) is 30.3 Å². The standard InChI is InChI=1S/C17H22FN5S/c1-3-11-14(18)15-13-12(20-11)6-5-10-9-19-7-8-23(10)16(13)22-17(21-15)24-4-2/h10,19H,3-9H2,1-2H3. The van der Waals surface area contributed by atoms with Crippen molar-refractivity contribution in [2.45, 2.75) is 44.3 Å². The molecular formula is C17H22FN5S. The minimum atomic E-state index is -0.272. The minimum Gasteiger partial charge on any atom is -0.350 e. The average molecular weight is 347 g/mol. The van der Waals surface area contributed by atoms with Gasteiger partial charge in [-0.25, -0.2) is 14.4 Å². The molecule has 1 N–H and O–H groups in total. The van der Waals surface area contributed by atoms with E-state index in [0.717, 1.165) is 55.1 Å². The Hall–Kier alpha value is -1.47. The number of aryl methyl sites for hydroxylation is 2. The lowest BCUT2D eigenvalue weighted by Crippen LogP contribution is -2.51. The highest BCUT2D eigenvalue weighted by Gasteiger charge is 2.31. The highest BCUT2D eigenvalue weighted by Crippen LogP contribution is 2.36. The van der Waals surface area contributed by atoms with Gasteiger partial charge in [-0.2, -0.15) is 0 Å². The zero-order valence-corrected chi connectivity index (χ0v) is 14.9. The number of nitrogens with zero attached hydrogens (tertiary/aromatic N) is 4. The second-order valence-electron chi connectivity index (χ2n) is 6.25. The third-order valence-corrected chi connectivity index (χ3v) is 5.56. The largest absolute Gasteiger partial charge is 0.350 e. The second kappa shape index (κ2) is 6.44. The predicted molar refractivity (Wildman–Crippen MR) is 95.4 cm³/mol. The number of halogens is 1. The number of fused-ring (bicyclic) bond motifs is 2. The molecule has 24 heavy (non-hydrogen) atoms. The van der Waals surface area contributed by atoms with E-state index >= 15 is 0 Å². The van der Waals surface area contributed by atoms with Crippen LogP contribution in [0.15, 0.2) is 5.16 Å². The SMILES string of the molecule is CCSc1nc2c3c(nc(CC)c(F)c3n1)CCC1CNCCN21. The van der Waals surface area contributed by atoms with Crippen LogP contribution in [0.3, 0.4) is 0 Å². The Morgan fingerprint density at radius 2 is 2.17 bits per heavy atom. The number of thioether (sulfide) groups is 1. The van der Waals surface area contributed by atoms with E-state index in [1.807, 2.05) is 6.92 Å². The van der Waals surface area contributed by atoms with Gasteiger partial charge in [0, 0.05) is 25.7 Å². The fraction of sp³-hybridized carbons (Fsp3) is 0.588. The van der Waals surface area contributed by atoms with Crippen molar-refractivity contribution in [2.24, 2.45) is 0 Å². The van der Waals surface area contributed by atoms with Gasteiger partial charge in [0.05, 0.1) is 16.8 Å². The van der Waals surface area contributed by atoms with Gasteiger partial charge in [-0.3, -0.25) is 4.98 Å². The lowest BCUT2D eigenvalue weighted by atomic mass is 10.1. The van der Waals surface area contributed by atoms with Gasteiger partial charge in [-0.05, 0) is 25.0 Å². The van der Waals surface area contributed by atoms with Crippen LogP contribution in [-0.4, -0.2) is 46.4 Å². The van der Waals surface area contributed by atoms with E-state index in [-0.39, 0.29) is 5.82 Å². The monoisotopic (exact) mass is 347 g/mol. The van der Waals surface area contributed by atoms with Crippen LogP contribution in [-0.2, 0) is 12.8 Å². The maximum absolute atomic E-state index is 15.0. The Balaban J connectivity index is 2.01. The van der Waals surface area contributed by atoms with Crippen molar-refractivity contribution >= 4 is 28.5 Å². The molecule has 5 nitrogen and oxygen atoms in total. The molecule has 1 unspecified atom stereocenters. The summed E-state index contributed by atoms with van der Waals surface area (Å²) in [6, 6.07) is 0.388. The molecule has 128 valence electrons. The molecule has 0 saturated carbocycles. The lowest BCUT2D eigenvalue weighted by Gasteiger charge is -2.36. The van der Waals surface area contributed by atoms with Gasteiger partial charge in [0.15, 0.2) is 11.0 Å². The quantitative estimate of drug-likeness (QED) is 0.680. The van der Waals surface area contributed by atoms with Crippen LogP contribution >= 0.6 is 11.8 Å². The number of hydrogen-bond acceptors (Lipinski definition) is 6. The van der Waals surface area contributed by atoms with E-state index in [9.17, 15) is 4.39 Å². The Bertz CT molecular complexity index is 781. The van der Waals surface area contributed by atoms with E-state index in [2.05, 4.69) is 27.1 Å². The van der Waals surface area contributed by atoms with Crippen LogP contribution in [0, 0.1) is 5.82 Å². The number of nitrogens with one attached hydrogen (secondary N) is 1. The van der Waals surface area contributed by atoms with Crippen molar-refractivity contribution in [1.29, 1.82) is 0 Å². The molecule has 0 aliphatic carbocycles. The Labute approximate surface area is 145 Å². The number of piperazine rings is 1. The molecule has 7 heteroatoms. The molecule has 2 aromatic rings. The van der Waals surface area contributed by atoms with Gasteiger partial charge in [0.25, 0.3) is 0 Å². The van der Waals surface area contributed by atoms with Crippen LogP contribution in [0.2, 0.25) is 0 Å². The van der Waals surface area contributed by atoms with Gasteiger partial charge in [0.1, 0.15) is 11.3 Å². The highest BCUT2D eigenvalue weighted by atomic mass is 32.2. The first-order valence-corrected chi connectivity index (χ1v) is 9.70. The van der Waals surface area contributed by atoms with Crippen LogP contribution < -0.4 is 10.2 Å². The van der Waals surface area contributed by atoms with Crippen molar-refractivity contribution in [3.05, 3.63) is 17.2 Å². The summed E-state index contributed by atoms with van der Waals surface area (Å²) in [5.74, 6) is 1.48. The molecule has 0 aromatic carbocycles. The Morgan fingerprint density at radius 1 is 1.29 bits per heavy atom. The third kappa shape index (κ3) is 2.54. The smallest absolute Gasteiger partial charge is 0.190 e. The molecule has 1 atom stereocenters. The Morgan fingerprint density at radius 3 is 2.96 bits per heavy atom. The van der Waals surface area contributed by atoms with Crippen molar-refractivity contribution in [3.8, 4) is 0 Å². The first-order chi connectivity index (χ1) is 11.7. The zero-order valence-electron chi connectivity index (χ0n) is 14.1. The summed E-state index contributed by atoms with van der Waals surface area (Å²) < 4.78 is 15.0. The summed E-state index contributed by atoms with van der Waals surface area (Å²) in [7, 11) is 0. The molecular weight excluding hydrogens is 325 g/mol. The van der Waals surface area contributed by atoms with E-state index in [1.165, 1.54) is 0 Å². The van der Waals surface area contributed by atoms with Gasteiger partial charge in [-0.1, -0.05) is 25.6 Å². The minimum absolute atomic E-state index is 0.272. The molecule has 4 heterocycles. The van der Waals surface area contributed by atoms with Crippen molar-refractivity contribution in [3.63, 3.8) is 0 Å². The lowest BCUT2D eigenvalue weighted by molar-refractivity contribution is 0.454. The number of anilines is 1. The molecule has 2 aliphatic heterocycles. The topological polar surface area (TPSA) is 53.9 Å². The van der Waals surface area contributed by atoms with Crippen molar-refractivity contribution in [1.82, 2.24) is 20.3 Å². The summed E-state index contributed by atoms with van der Waals surface area (Å²) in [5.41, 5.74) is 1.94. The summed E-state index contributed by atoms with van der Waals surface area (Å²) in [5, 5.41) is 4.95. The molecule has 4 rings (SSSR count). The predicted octanol–water partition coefficient (Wildman–Crippen LogP) is 2.56. The second-order valence-corrected chi connectivity index (χ2v) is 7.48. The molecule has 2 aromatic heterocycles. The van der Waals surface area contributed by atoms with Crippen LogP contribution in [0.4, 0.5) is 10.2 Å². The maximum atomic E-state index is 15.0. The zero-order chi connectivity index (χ0) is 16.7. The first-order valence-electron chi connectivity index (χ1n) is 8.72. The highest BCUT2D eigenvalue weighted by molar-refractivity contribution is 7.99. The average Bonchev–Trinajstić information content (AvgIpc) is 2.76. The molecule has 0 radical (unpaired) electrons. The summed E-state index contributed by atoms with van der Waals surface area (Å²) >= 11 is 1.57. The van der Waals surface area contributed by atoms with E-state index < -0.39 is 0 Å². The molecule has 0 amide bonds. The number of pyridine rings is 1. The summed E-state index contributed by atoms with van der Waals surface area (Å²) in [4.78, 5) is 16.3. The fourth-order valence-corrected chi connectivity index (χ4v) is 4.24. The van der Waals surface area contributed by atoms with Crippen LogP contribution in [0.25, 0.3) is 10.9 Å². The van der Waals surface area contributed by atoms with Crippen LogP contribution in [0.1, 0.15) is 31.7 Å². The van der Waals surface area contributed by atoms with Gasteiger partial charge in [-0.15, -0.1) is 0 Å². The van der Waals surface area contributed by atoms with E-state index in [1.54, 1.807) is 11.8 Å². The van der Waals surface area contributed by atoms with Crippen molar-refractivity contribution < 1.29 is 4.39 Å². The van der Waals surface area contributed by atoms with Gasteiger partial charge < -0.3 is 10.2 Å². The summed E-state index contributed by atoms with van der Waals surface area (Å²) in [6.45, 7) is 6.77. The van der Waals surface area contributed by atoms with E-state index in [4.69, 9.17) is 4.98 Å². The number of aromatic nitrogens is 3. The summed E-state index contributed by atoms with van der Waals surface area (Å²) in [6.07, 6.45) is 2.44. The van der Waals surface area contributed by atoms with Gasteiger partial charge >= 0.3 is 0 Å². The molecule has 0 bridgehead atoms. The Kier molecular flexibility index (Phi) is 4.30. The van der Waals surface area contributed by atoms with Crippen LogP contribution in [0.5, 0.6) is 0 Å². The van der Waals surface area contributed by atoms with Gasteiger partial charge in [0.2, 0.25) is 0 Å². The molecule has 0 spiro atoms. The third-order valence-electron chi connectivity index (χ3n) is 4.83. The number of rotatable bonds is 3. The number of hydrogen-bond donors (Lipinski definition) is 1. The normalized spacial score (nSPS) is 20.1. The maximum Gasteiger partial charge on any atom is 0.190 e.